The highest BCUT2D eigenvalue weighted by atomic mass is 19.1. The number of hydrogen-bond acceptors (Lipinski definition) is 3. The van der Waals surface area contributed by atoms with Gasteiger partial charge in [-0.3, -0.25) is 10.1 Å². The summed E-state index contributed by atoms with van der Waals surface area (Å²) in [7, 11) is 0. The molecule has 3 rings (SSSR count). The van der Waals surface area contributed by atoms with Gasteiger partial charge in [-0.05, 0) is 30.3 Å². The Hall–Kier alpha value is -2.90. The number of carbonyl (C=O) groups is 1. The van der Waals surface area contributed by atoms with Gasteiger partial charge in [-0.1, -0.05) is 0 Å². The summed E-state index contributed by atoms with van der Waals surface area (Å²) in [6, 6.07) is 5.46. The van der Waals surface area contributed by atoms with Crippen molar-refractivity contribution in [3.63, 3.8) is 0 Å². The Balaban J connectivity index is 1.76. The molecule has 0 fully saturated rings. The molecule has 0 spiro atoms. The molecule has 0 saturated carbocycles. The van der Waals surface area contributed by atoms with Gasteiger partial charge in [0, 0.05) is 5.56 Å². The summed E-state index contributed by atoms with van der Waals surface area (Å²) < 4.78 is 40.7. The van der Waals surface area contributed by atoms with Crippen LogP contribution in [0.5, 0.6) is 0 Å². The quantitative estimate of drug-likeness (QED) is 0.808. The molecule has 3 aromatic rings. The lowest BCUT2D eigenvalue weighted by molar-refractivity contribution is -0.115. The van der Waals surface area contributed by atoms with Crippen molar-refractivity contribution in [1.82, 2.24) is 14.6 Å². The van der Waals surface area contributed by atoms with Crippen LogP contribution in [0.15, 0.2) is 36.5 Å². The second-order valence-electron chi connectivity index (χ2n) is 4.55. The molecular formula is C14H9F3N4O. The van der Waals surface area contributed by atoms with E-state index >= 15 is 0 Å². The lowest BCUT2D eigenvalue weighted by Crippen LogP contribution is -2.16. The Bertz CT molecular complexity index is 862. The summed E-state index contributed by atoms with van der Waals surface area (Å²) in [5.41, 5.74) is 0.265. The topological polar surface area (TPSA) is 59.3 Å². The number of pyridine rings is 1. The lowest BCUT2D eigenvalue weighted by Gasteiger charge is -2.03. The molecule has 1 amide bonds. The molecule has 5 nitrogen and oxygen atoms in total. The van der Waals surface area contributed by atoms with Gasteiger partial charge in [-0.2, -0.15) is 4.98 Å². The molecule has 2 aromatic heterocycles. The van der Waals surface area contributed by atoms with Gasteiger partial charge in [0.1, 0.15) is 17.5 Å². The average molecular weight is 306 g/mol. The highest BCUT2D eigenvalue weighted by Crippen LogP contribution is 2.12. The van der Waals surface area contributed by atoms with E-state index in [4.69, 9.17) is 0 Å². The third-order valence-electron chi connectivity index (χ3n) is 2.90. The SMILES string of the molecule is O=C(Cc1cc(F)ccc1F)Nc1nc2ccc(F)cn2n1. The number of benzene rings is 1. The third kappa shape index (κ3) is 2.90. The Morgan fingerprint density at radius 3 is 2.73 bits per heavy atom. The smallest absolute Gasteiger partial charge is 0.249 e. The fourth-order valence-corrected chi connectivity index (χ4v) is 1.93. The van der Waals surface area contributed by atoms with Crippen molar-refractivity contribution in [3.05, 3.63) is 59.5 Å². The normalized spacial score (nSPS) is 10.9. The van der Waals surface area contributed by atoms with Gasteiger partial charge in [0.05, 0.1) is 12.6 Å². The highest BCUT2D eigenvalue weighted by Gasteiger charge is 2.12. The van der Waals surface area contributed by atoms with Gasteiger partial charge in [0.2, 0.25) is 11.9 Å². The van der Waals surface area contributed by atoms with E-state index in [0.29, 0.717) is 5.65 Å². The third-order valence-corrected chi connectivity index (χ3v) is 2.90. The van der Waals surface area contributed by atoms with E-state index in [9.17, 15) is 18.0 Å². The number of anilines is 1. The minimum Gasteiger partial charge on any atom is -0.293 e. The van der Waals surface area contributed by atoms with Gasteiger partial charge in [0.25, 0.3) is 0 Å². The standard InChI is InChI=1S/C14H9F3N4O/c15-9-1-3-11(17)8(5-9)6-13(22)19-14-18-12-4-2-10(16)7-21(12)20-14/h1-5,7H,6H2,(H,19,20,22). The maximum absolute atomic E-state index is 13.5. The molecule has 22 heavy (non-hydrogen) atoms. The number of aromatic nitrogens is 3. The van der Waals surface area contributed by atoms with Crippen molar-refractivity contribution < 1.29 is 18.0 Å². The highest BCUT2D eigenvalue weighted by molar-refractivity contribution is 5.90. The van der Waals surface area contributed by atoms with E-state index in [-0.39, 0.29) is 17.9 Å². The zero-order valence-electron chi connectivity index (χ0n) is 11.1. The monoisotopic (exact) mass is 306 g/mol. The predicted molar refractivity (Wildman–Crippen MR) is 71.6 cm³/mol. The number of hydrogen-bond donors (Lipinski definition) is 1. The first kappa shape index (κ1) is 14.1. The van der Waals surface area contributed by atoms with Crippen LogP contribution in [0.3, 0.4) is 0 Å². The van der Waals surface area contributed by atoms with Crippen LogP contribution in [-0.2, 0) is 11.2 Å². The van der Waals surface area contributed by atoms with E-state index in [1.165, 1.54) is 12.1 Å². The van der Waals surface area contributed by atoms with Crippen molar-refractivity contribution in [2.45, 2.75) is 6.42 Å². The van der Waals surface area contributed by atoms with Crippen LogP contribution in [0.2, 0.25) is 0 Å². The van der Waals surface area contributed by atoms with E-state index in [2.05, 4.69) is 15.4 Å². The molecule has 0 radical (unpaired) electrons. The van der Waals surface area contributed by atoms with Gasteiger partial charge in [-0.15, -0.1) is 5.10 Å². The first-order valence-electron chi connectivity index (χ1n) is 6.27. The Morgan fingerprint density at radius 1 is 1.14 bits per heavy atom. The fraction of sp³-hybridized carbons (Fsp3) is 0.0714. The molecule has 0 aliphatic carbocycles. The number of amides is 1. The van der Waals surface area contributed by atoms with Crippen molar-refractivity contribution >= 4 is 17.5 Å². The molecule has 0 aliphatic heterocycles. The van der Waals surface area contributed by atoms with Crippen LogP contribution in [0.25, 0.3) is 5.65 Å². The first-order valence-corrected chi connectivity index (χ1v) is 6.27. The number of nitrogens with zero attached hydrogens (tertiary/aromatic N) is 3. The zero-order chi connectivity index (χ0) is 15.7. The predicted octanol–water partition coefficient (Wildman–Crippen LogP) is 2.33. The average Bonchev–Trinajstić information content (AvgIpc) is 2.84. The molecule has 0 atom stereocenters. The summed E-state index contributed by atoms with van der Waals surface area (Å²) >= 11 is 0. The number of halogens is 3. The van der Waals surface area contributed by atoms with Crippen molar-refractivity contribution in [3.8, 4) is 0 Å². The minimum atomic E-state index is -0.679. The van der Waals surface area contributed by atoms with E-state index in [1.54, 1.807) is 0 Å². The van der Waals surface area contributed by atoms with E-state index < -0.39 is 23.4 Å². The van der Waals surface area contributed by atoms with Crippen LogP contribution in [0.1, 0.15) is 5.56 Å². The molecule has 0 aliphatic rings. The van der Waals surface area contributed by atoms with Gasteiger partial charge < -0.3 is 0 Å². The molecule has 112 valence electrons. The fourth-order valence-electron chi connectivity index (χ4n) is 1.93. The van der Waals surface area contributed by atoms with Crippen molar-refractivity contribution in [2.75, 3.05) is 5.32 Å². The number of nitrogens with one attached hydrogen (secondary N) is 1. The second-order valence-corrected chi connectivity index (χ2v) is 4.55. The molecule has 2 heterocycles. The largest absolute Gasteiger partial charge is 0.293 e. The Morgan fingerprint density at radius 2 is 1.91 bits per heavy atom. The maximum atomic E-state index is 13.5. The second kappa shape index (κ2) is 5.47. The molecular weight excluding hydrogens is 297 g/mol. The van der Waals surface area contributed by atoms with Gasteiger partial charge >= 0.3 is 0 Å². The Kier molecular flexibility index (Phi) is 3.50. The lowest BCUT2D eigenvalue weighted by atomic mass is 10.1. The maximum Gasteiger partial charge on any atom is 0.249 e. The molecule has 1 aromatic carbocycles. The van der Waals surface area contributed by atoms with E-state index in [0.717, 1.165) is 28.9 Å². The molecule has 8 heteroatoms. The van der Waals surface area contributed by atoms with Crippen LogP contribution < -0.4 is 5.32 Å². The van der Waals surface area contributed by atoms with Crippen LogP contribution in [-0.4, -0.2) is 20.5 Å². The van der Waals surface area contributed by atoms with Crippen LogP contribution in [0.4, 0.5) is 19.1 Å². The first-order chi connectivity index (χ1) is 10.5. The van der Waals surface area contributed by atoms with E-state index in [1.807, 2.05) is 0 Å². The minimum absolute atomic E-state index is 0.0487. The molecule has 0 unspecified atom stereocenters. The summed E-state index contributed by atoms with van der Waals surface area (Å²) in [5.74, 6) is -2.47. The summed E-state index contributed by atoms with van der Waals surface area (Å²) in [6.07, 6.45) is 0.734. The summed E-state index contributed by atoms with van der Waals surface area (Å²) in [6.45, 7) is 0. The zero-order valence-corrected chi connectivity index (χ0v) is 11.1. The molecule has 0 bridgehead atoms. The molecule has 0 saturated heterocycles. The van der Waals surface area contributed by atoms with Crippen LogP contribution >= 0.6 is 0 Å². The number of fused-ring (bicyclic) bond motifs is 1. The van der Waals surface area contributed by atoms with Gasteiger partial charge in [0.15, 0.2) is 5.65 Å². The Labute approximate surface area is 122 Å². The molecule has 1 N–H and O–H groups in total. The number of rotatable bonds is 3. The number of carbonyl (C=O) groups excluding carboxylic acids is 1. The summed E-state index contributed by atoms with van der Waals surface area (Å²) in [4.78, 5) is 15.8. The summed E-state index contributed by atoms with van der Waals surface area (Å²) in [5, 5.41) is 6.21. The van der Waals surface area contributed by atoms with Crippen LogP contribution in [0, 0.1) is 17.5 Å². The van der Waals surface area contributed by atoms with Crippen molar-refractivity contribution in [2.24, 2.45) is 0 Å². The van der Waals surface area contributed by atoms with Gasteiger partial charge in [-0.25, -0.2) is 17.7 Å². The van der Waals surface area contributed by atoms with Crippen molar-refractivity contribution in [1.29, 1.82) is 0 Å².